The molecule has 0 bridgehead atoms. The molecule has 1 aliphatic rings. The quantitative estimate of drug-likeness (QED) is 0.635. The topological polar surface area (TPSA) is 29.3 Å². The predicted molar refractivity (Wildman–Crippen MR) is 85.4 cm³/mol. The molecule has 1 aliphatic carbocycles. The van der Waals surface area contributed by atoms with Crippen LogP contribution in [0.2, 0.25) is 0 Å². The molecule has 0 spiro atoms. The Bertz CT molecular complexity index is 233. The van der Waals surface area contributed by atoms with Gasteiger partial charge in [0.1, 0.15) is 0 Å². The maximum absolute atomic E-state index is 6.19. The van der Waals surface area contributed by atoms with E-state index in [1.165, 1.54) is 57.9 Å². The summed E-state index contributed by atoms with van der Waals surface area (Å²) in [5.41, 5.74) is 6.41. The number of nitrogens with two attached hydrogens (primary N) is 1. The summed E-state index contributed by atoms with van der Waals surface area (Å²) in [5, 5.41) is 0. The fourth-order valence-corrected chi connectivity index (χ4v) is 3.54. The lowest BCUT2D eigenvalue weighted by Crippen LogP contribution is -2.56. The zero-order valence-electron chi connectivity index (χ0n) is 13.8. The van der Waals surface area contributed by atoms with Gasteiger partial charge >= 0.3 is 0 Å². The molecule has 114 valence electrons. The van der Waals surface area contributed by atoms with Crippen LogP contribution in [-0.2, 0) is 0 Å². The van der Waals surface area contributed by atoms with Crippen LogP contribution in [0.4, 0.5) is 0 Å². The van der Waals surface area contributed by atoms with Crippen molar-refractivity contribution in [2.24, 2.45) is 11.7 Å². The van der Waals surface area contributed by atoms with Crippen LogP contribution < -0.4 is 5.73 Å². The van der Waals surface area contributed by atoms with E-state index in [9.17, 15) is 0 Å². The second-order valence-electron chi connectivity index (χ2n) is 7.14. The van der Waals surface area contributed by atoms with E-state index >= 15 is 0 Å². The minimum absolute atomic E-state index is 0.217. The molecule has 1 fully saturated rings. The van der Waals surface area contributed by atoms with E-state index in [2.05, 4.69) is 32.6 Å². The van der Waals surface area contributed by atoms with E-state index in [1.54, 1.807) is 0 Å². The summed E-state index contributed by atoms with van der Waals surface area (Å²) in [6.45, 7) is 11.4. The van der Waals surface area contributed by atoms with Gasteiger partial charge in [0.05, 0.1) is 0 Å². The molecule has 0 heterocycles. The summed E-state index contributed by atoms with van der Waals surface area (Å²) >= 11 is 0. The summed E-state index contributed by atoms with van der Waals surface area (Å²) in [6.07, 6.45) is 10.8. The minimum Gasteiger partial charge on any atom is -0.329 e. The summed E-state index contributed by atoms with van der Waals surface area (Å²) in [6, 6.07) is 0.789. The van der Waals surface area contributed by atoms with Crippen molar-refractivity contribution in [2.45, 2.75) is 90.6 Å². The van der Waals surface area contributed by atoms with Crippen LogP contribution in [0.25, 0.3) is 0 Å². The third kappa shape index (κ3) is 5.07. The lowest BCUT2D eigenvalue weighted by atomic mass is 9.89. The fourth-order valence-electron chi connectivity index (χ4n) is 3.54. The van der Waals surface area contributed by atoms with Gasteiger partial charge in [0, 0.05) is 24.7 Å². The highest BCUT2D eigenvalue weighted by atomic mass is 15.2. The van der Waals surface area contributed by atoms with E-state index in [0.717, 1.165) is 18.5 Å². The minimum atomic E-state index is 0.217. The Hall–Kier alpha value is -0.0800. The van der Waals surface area contributed by atoms with E-state index in [0.29, 0.717) is 0 Å². The summed E-state index contributed by atoms with van der Waals surface area (Å²) in [7, 11) is 0. The molecule has 0 aromatic carbocycles. The van der Waals surface area contributed by atoms with Crippen molar-refractivity contribution in [3.63, 3.8) is 0 Å². The number of nitrogens with zero attached hydrogens (tertiary/aromatic N) is 1. The van der Waals surface area contributed by atoms with Gasteiger partial charge in [-0.3, -0.25) is 4.90 Å². The summed E-state index contributed by atoms with van der Waals surface area (Å²) in [5.74, 6) is 0.734. The van der Waals surface area contributed by atoms with Gasteiger partial charge < -0.3 is 5.73 Å². The maximum atomic E-state index is 6.19. The summed E-state index contributed by atoms with van der Waals surface area (Å²) in [4.78, 5) is 2.78. The van der Waals surface area contributed by atoms with Crippen LogP contribution in [0.1, 0.15) is 79.1 Å². The standard InChI is InChI=1S/C17H36N2/c1-5-6-9-12-17(4,14-18)19(13-15(2)3)16-10-7-8-11-16/h15-16H,5-14,18H2,1-4H3. The zero-order chi connectivity index (χ0) is 14.3. The Morgan fingerprint density at radius 3 is 2.32 bits per heavy atom. The third-order valence-electron chi connectivity index (χ3n) is 4.78. The lowest BCUT2D eigenvalue weighted by molar-refractivity contribution is 0.0422. The molecule has 0 saturated heterocycles. The van der Waals surface area contributed by atoms with Gasteiger partial charge in [-0.25, -0.2) is 0 Å². The van der Waals surface area contributed by atoms with Crippen LogP contribution >= 0.6 is 0 Å². The molecule has 0 amide bonds. The molecule has 1 saturated carbocycles. The van der Waals surface area contributed by atoms with Gasteiger partial charge in [-0.15, -0.1) is 0 Å². The molecular weight excluding hydrogens is 232 g/mol. The lowest BCUT2D eigenvalue weighted by Gasteiger charge is -2.45. The van der Waals surface area contributed by atoms with E-state index in [1.807, 2.05) is 0 Å². The van der Waals surface area contributed by atoms with E-state index in [4.69, 9.17) is 5.73 Å². The van der Waals surface area contributed by atoms with Gasteiger partial charge in [-0.1, -0.05) is 52.9 Å². The molecule has 2 heteroatoms. The van der Waals surface area contributed by atoms with Gasteiger partial charge in [0.15, 0.2) is 0 Å². The highest BCUT2D eigenvalue weighted by Crippen LogP contribution is 2.32. The molecule has 1 rings (SSSR count). The van der Waals surface area contributed by atoms with Crippen LogP contribution in [0.3, 0.4) is 0 Å². The Morgan fingerprint density at radius 1 is 1.21 bits per heavy atom. The molecule has 1 unspecified atom stereocenters. The van der Waals surface area contributed by atoms with Crippen molar-refractivity contribution >= 4 is 0 Å². The van der Waals surface area contributed by atoms with Gasteiger partial charge in [-0.05, 0) is 32.1 Å². The van der Waals surface area contributed by atoms with Crippen molar-refractivity contribution in [1.29, 1.82) is 0 Å². The second-order valence-corrected chi connectivity index (χ2v) is 7.14. The Labute approximate surface area is 121 Å². The first kappa shape index (κ1) is 17.0. The molecule has 19 heavy (non-hydrogen) atoms. The average Bonchev–Trinajstić information content (AvgIpc) is 2.89. The Balaban J connectivity index is 2.71. The van der Waals surface area contributed by atoms with Crippen LogP contribution in [0.5, 0.6) is 0 Å². The van der Waals surface area contributed by atoms with Crippen LogP contribution in [0, 0.1) is 5.92 Å². The smallest absolute Gasteiger partial charge is 0.0306 e. The molecule has 0 aliphatic heterocycles. The first-order chi connectivity index (χ1) is 9.03. The van der Waals surface area contributed by atoms with Crippen molar-refractivity contribution in [2.75, 3.05) is 13.1 Å². The number of hydrogen-bond acceptors (Lipinski definition) is 2. The maximum Gasteiger partial charge on any atom is 0.0306 e. The molecule has 0 radical (unpaired) electrons. The Kier molecular flexibility index (Phi) is 7.38. The van der Waals surface area contributed by atoms with E-state index in [-0.39, 0.29) is 5.54 Å². The van der Waals surface area contributed by atoms with Crippen LogP contribution in [-0.4, -0.2) is 29.6 Å². The number of hydrogen-bond donors (Lipinski definition) is 1. The average molecular weight is 268 g/mol. The highest BCUT2D eigenvalue weighted by molar-refractivity contribution is 4.93. The normalized spacial score (nSPS) is 20.4. The number of rotatable bonds is 9. The van der Waals surface area contributed by atoms with Crippen molar-refractivity contribution in [3.05, 3.63) is 0 Å². The van der Waals surface area contributed by atoms with Gasteiger partial charge in [0.25, 0.3) is 0 Å². The third-order valence-corrected chi connectivity index (χ3v) is 4.78. The predicted octanol–water partition coefficient (Wildman–Crippen LogP) is 4.18. The largest absolute Gasteiger partial charge is 0.329 e. The van der Waals surface area contributed by atoms with Crippen molar-refractivity contribution in [3.8, 4) is 0 Å². The first-order valence-corrected chi connectivity index (χ1v) is 8.50. The SMILES string of the molecule is CCCCCC(C)(CN)N(CC(C)C)C1CCCC1. The van der Waals surface area contributed by atoms with Crippen molar-refractivity contribution < 1.29 is 0 Å². The van der Waals surface area contributed by atoms with Gasteiger partial charge in [0.2, 0.25) is 0 Å². The molecular formula is C17H36N2. The monoisotopic (exact) mass is 268 g/mol. The summed E-state index contributed by atoms with van der Waals surface area (Å²) < 4.78 is 0. The fraction of sp³-hybridized carbons (Fsp3) is 1.00. The Morgan fingerprint density at radius 2 is 1.84 bits per heavy atom. The highest BCUT2D eigenvalue weighted by Gasteiger charge is 2.36. The molecule has 1 atom stereocenters. The van der Waals surface area contributed by atoms with E-state index < -0.39 is 0 Å². The molecule has 2 N–H and O–H groups in total. The molecule has 0 aromatic rings. The van der Waals surface area contributed by atoms with Crippen molar-refractivity contribution in [1.82, 2.24) is 4.90 Å². The second kappa shape index (κ2) is 8.26. The van der Waals surface area contributed by atoms with Crippen LogP contribution in [0.15, 0.2) is 0 Å². The zero-order valence-corrected chi connectivity index (χ0v) is 13.8. The molecule has 2 nitrogen and oxygen atoms in total. The molecule has 0 aromatic heterocycles. The number of unbranched alkanes of at least 4 members (excludes halogenated alkanes) is 2. The first-order valence-electron chi connectivity index (χ1n) is 8.50. The van der Waals surface area contributed by atoms with Gasteiger partial charge in [-0.2, -0.15) is 0 Å².